The molecule has 0 fully saturated rings. The molecule has 8 heteroatoms. The number of thiazole rings is 1. The van der Waals surface area contributed by atoms with Gasteiger partial charge in [-0.3, -0.25) is 0 Å². The SMILES string of the molecule is CC(C)NCc1cc(S(=O)(=O)NC(C)c2nccs2)cs1. The van der Waals surface area contributed by atoms with Gasteiger partial charge in [-0.05, 0) is 13.0 Å². The lowest BCUT2D eigenvalue weighted by Crippen LogP contribution is -2.26. The van der Waals surface area contributed by atoms with Crippen LogP contribution >= 0.6 is 22.7 Å². The summed E-state index contributed by atoms with van der Waals surface area (Å²) in [5.41, 5.74) is 0. The molecule has 0 saturated carbocycles. The van der Waals surface area contributed by atoms with Crippen molar-refractivity contribution in [3.8, 4) is 0 Å². The molecule has 1 atom stereocenters. The van der Waals surface area contributed by atoms with Crippen molar-refractivity contribution in [2.75, 3.05) is 0 Å². The highest BCUT2D eigenvalue weighted by atomic mass is 32.2. The lowest BCUT2D eigenvalue weighted by molar-refractivity contribution is 0.566. The van der Waals surface area contributed by atoms with Crippen LogP contribution < -0.4 is 10.0 Å². The van der Waals surface area contributed by atoms with Crippen molar-refractivity contribution in [3.05, 3.63) is 32.9 Å². The van der Waals surface area contributed by atoms with Crippen LogP contribution in [0.15, 0.2) is 27.9 Å². The Hall–Kier alpha value is -0.800. The highest BCUT2D eigenvalue weighted by Crippen LogP contribution is 2.22. The summed E-state index contributed by atoms with van der Waals surface area (Å²) in [6.45, 7) is 6.59. The summed E-state index contributed by atoms with van der Waals surface area (Å²) in [4.78, 5) is 5.45. The quantitative estimate of drug-likeness (QED) is 0.809. The van der Waals surface area contributed by atoms with Crippen molar-refractivity contribution in [2.24, 2.45) is 0 Å². The molecule has 0 spiro atoms. The largest absolute Gasteiger partial charge is 0.310 e. The molecular formula is C13H19N3O2S3. The fourth-order valence-corrected chi connectivity index (χ4v) is 4.85. The smallest absolute Gasteiger partial charge is 0.242 e. The summed E-state index contributed by atoms with van der Waals surface area (Å²) in [5, 5.41) is 7.54. The van der Waals surface area contributed by atoms with Gasteiger partial charge in [-0.1, -0.05) is 13.8 Å². The van der Waals surface area contributed by atoms with E-state index < -0.39 is 10.0 Å². The third-order valence-electron chi connectivity index (χ3n) is 2.78. The van der Waals surface area contributed by atoms with Crippen molar-refractivity contribution in [1.82, 2.24) is 15.0 Å². The summed E-state index contributed by atoms with van der Waals surface area (Å²) in [6.07, 6.45) is 1.67. The van der Waals surface area contributed by atoms with Gasteiger partial charge in [0.2, 0.25) is 10.0 Å². The van der Waals surface area contributed by atoms with Gasteiger partial charge in [0.15, 0.2) is 0 Å². The zero-order chi connectivity index (χ0) is 15.5. The molecule has 1 unspecified atom stereocenters. The van der Waals surface area contributed by atoms with Gasteiger partial charge in [0.1, 0.15) is 5.01 Å². The van der Waals surface area contributed by atoms with Crippen LogP contribution in [0.4, 0.5) is 0 Å². The summed E-state index contributed by atoms with van der Waals surface area (Å²) >= 11 is 2.89. The summed E-state index contributed by atoms with van der Waals surface area (Å²) in [7, 11) is -3.50. The number of thiophene rings is 1. The Kier molecular flexibility index (Phi) is 5.50. The summed E-state index contributed by atoms with van der Waals surface area (Å²) in [5.74, 6) is 0. The number of sulfonamides is 1. The minimum absolute atomic E-state index is 0.316. The van der Waals surface area contributed by atoms with E-state index in [1.165, 1.54) is 22.7 Å². The van der Waals surface area contributed by atoms with Gasteiger partial charge in [0.05, 0.1) is 10.9 Å². The van der Waals surface area contributed by atoms with Gasteiger partial charge in [0, 0.05) is 34.4 Å². The Balaban J connectivity index is 2.05. The van der Waals surface area contributed by atoms with Crippen LogP contribution in [0.3, 0.4) is 0 Å². The highest BCUT2D eigenvalue weighted by Gasteiger charge is 2.21. The van der Waals surface area contributed by atoms with E-state index in [0.717, 1.165) is 9.88 Å². The monoisotopic (exact) mass is 345 g/mol. The first-order valence-electron chi connectivity index (χ1n) is 6.61. The van der Waals surface area contributed by atoms with Crippen LogP contribution in [-0.4, -0.2) is 19.4 Å². The normalized spacial score (nSPS) is 13.7. The second kappa shape index (κ2) is 6.97. The fraction of sp³-hybridized carbons (Fsp3) is 0.462. The van der Waals surface area contributed by atoms with E-state index in [1.54, 1.807) is 24.6 Å². The van der Waals surface area contributed by atoms with Crippen molar-refractivity contribution >= 4 is 32.7 Å². The Labute approximate surface area is 133 Å². The lowest BCUT2D eigenvalue weighted by atomic mass is 10.4. The van der Waals surface area contributed by atoms with E-state index in [1.807, 2.05) is 5.38 Å². The molecular weight excluding hydrogens is 326 g/mol. The Morgan fingerprint density at radius 1 is 1.29 bits per heavy atom. The molecule has 2 aromatic rings. The number of hydrogen-bond acceptors (Lipinski definition) is 6. The number of nitrogens with zero attached hydrogens (tertiary/aromatic N) is 1. The van der Waals surface area contributed by atoms with Crippen molar-refractivity contribution < 1.29 is 8.42 Å². The molecule has 0 aliphatic rings. The Bertz CT molecular complexity index is 663. The number of hydrogen-bond donors (Lipinski definition) is 2. The van der Waals surface area contributed by atoms with Crippen LogP contribution in [0.2, 0.25) is 0 Å². The highest BCUT2D eigenvalue weighted by molar-refractivity contribution is 7.89. The van der Waals surface area contributed by atoms with Crippen LogP contribution in [0.5, 0.6) is 0 Å². The van der Waals surface area contributed by atoms with Gasteiger partial charge in [0.25, 0.3) is 0 Å². The molecule has 21 heavy (non-hydrogen) atoms. The predicted molar refractivity (Wildman–Crippen MR) is 87.1 cm³/mol. The molecule has 2 rings (SSSR count). The first kappa shape index (κ1) is 16.6. The molecule has 0 bridgehead atoms. The Morgan fingerprint density at radius 2 is 2.05 bits per heavy atom. The molecule has 0 aromatic carbocycles. The van der Waals surface area contributed by atoms with E-state index in [2.05, 4.69) is 28.9 Å². The van der Waals surface area contributed by atoms with Gasteiger partial charge >= 0.3 is 0 Å². The summed E-state index contributed by atoms with van der Waals surface area (Å²) in [6, 6.07) is 1.76. The van der Waals surface area contributed by atoms with E-state index in [4.69, 9.17) is 0 Å². The van der Waals surface area contributed by atoms with E-state index >= 15 is 0 Å². The van der Waals surface area contributed by atoms with Crippen LogP contribution in [0.1, 0.15) is 36.7 Å². The van der Waals surface area contributed by atoms with Gasteiger partial charge in [-0.2, -0.15) is 0 Å². The maximum atomic E-state index is 12.3. The first-order valence-corrected chi connectivity index (χ1v) is 9.85. The number of rotatable bonds is 7. The third kappa shape index (κ3) is 4.58. The molecule has 0 saturated heterocycles. The molecule has 0 aliphatic heterocycles. The molecule has 2 N–H and O–H groups in total. The standard InChI is InChI=1S/C13H19N3O2S3/c1-9(2)15-7-11-6-12(8-20-11)21(17,18)16-10(3)13-14-4-5-19-13/h4-6,8-10,15-16H,7H2,1-3H3. The lowest BCUT2D eigenvalue weighted by Gasteiger charge is -2.10. The molecule has 2 aromatic heterocycles. The molecule has 2 heterocycles. The molecule has 0 amide bonds. The average Bonchev–Trinajstić information content (AvgIpc) is 3.07. The maximum Gasteiger partial charge on any atom is 0.242 e. The van der Waals surface area contributed by atoms with Crippen LogP contribution in [0.25, 0.3) is 0 Å². The van der Waals surface area contributed by atoms with E-state index in [0.29, 0.717) is 17.5 Å². The third-order valence-corrected chi connectivity index (χ3v) is 6.34. The van der Waals surface area contributed by atoms with Crippen molar-refractivity contribution in [3.63, 3.8) is 0 Å². The predicted octanol–water partition coefficient (Wildman–Crippen LogP) is 2.74. The van der Waals surface area contributed by atoms with Gasteiger partial charge in [-0.25, -0.2) is 18.1 Å². The van der Waals surface area contributed by atoms with Crippen molar-refractivity contribution in [1.29, 1.82) is 0 Å². The molecule has 0 radical (unpaired) electrons. The zero-order valence-electron chi connectivity index (χ0n) is 12.2. The zero-order valence-corrected chi connectivity index (χ0v) is 14.6. The van der Waals surface area contributed by atoms with Crippen LogP contribution in [0, 0.1) is 0 Å². The minimum Gasteiger partial charge on any atom is -0.310 e. The number of nitrogens with one attached hydrogen (secondary N) is 2. The topological polar surface area (TPSA) is 71.1 Å². The van der Waals surface area contributed by atoms with Crippen LogP contribution in [-0.2, 0) is 16.6 Å². The maximum absolute atomic E-state index is 12.3. The Morgan fingerprint density at radius 3 is 2.67 bits per heavy atom. The summed E-state index contributed by atoms with van der Waals surface area (Å²) < 4.78 is 27.3. The first-order chi connectivity index (χ1) is 9.88. The fourth-order valence-electron chi connectivity index (χ4n) is 1.70. The molecule has 116 valence electrons. The second-order valence-corrected chi connectivity index (χ2v) is 8.63. The van der Waals surface area contributed by atoms with E-state index in [-0.39, 0.29) is 6.04 Å². The van der Waals surface area contributed by atoms with Gasteiger partial charge in [-0.15, -0.1) is 22.7 Å². The average molecular weight is 346 g/mol. The number of aromatic nitrogens is 1. The minimum atomic E-state index is -3.50. The van der Waals surface area contributed by atoms with Crippen molar-refractivity contribution in [2.45, 2.75) is 44.3 Å². The molecule has 0 aliphatic carbocycles. The van der Waals surface area contributed by atoms with Gasteiger partial charge < -0.3 is 5.32 Å². The second-order valence-electron chi connectivity index (χ2n) is 5.00. The molecule has 5 nitrogen and oxygen atoms in total. The van der Waals surface area contributed by atoms with E-state index in [9.17, 15) is 8.42 Å².